The minimum atomic E-state index is -1.44. The van der Waals surface area contributed by atoms with E-state index in [1.54, 1.807) is 0 Å². The lowest BCUT2D eigenvalue weighted by atomic mass is 10.1. The van der Waals surface area contributed by atoms with Gasteiger partial charge in [-0.05, 0) is 30.9 Å². The molecule has 2 heteroatoms. The molecule has 0 N–H and O–H groups in total. The van der Waals surface area contributed by atoms with Crippen LogP contribution in [0.1, 0.15) is 25.7 Å². The smallest absolute Gasteiger partial charge is 0.127 e. The molecule has 0 aromatic carbocycles. The van der Waals surface area contributed by atoms with E-state index in [1.807, 2.05) is 12.3 Å². The fourth-order valence-electron chi connectivity index (χ4n) is 2.36. The largest absolute Gasteiger partial charge is 0.266 e. The van der Waals surface area contributed by atoms with E-state index < -0.39 is 8.07 Å². The zero-order valence-corrected chi connectivity index (χ0v) is 11.3. The van der Waals surface area contributed by atoms with Gasteiger partial charge in [0.05, 0.1) is 0 Å². The van der Waals surface area contributed by atoms with E-state index >= 15 is 0 Å². The second-order valence-electron chi connectivity index (χ2n) is 5.34. The van der Waals surface area contributed by atoms with Gasteiger partial charge in [-0.25, -0.2) is 0 Å². The number of allylic oxidation sites excluding steroid dienone is 1. The molecule has 1 aliphatic rings. The molecule has 1 fully saturated rings. The van der Waals surface area contributed by atoms with Gasteiger partial charge in [-0.1, -0.05) is 43.8 Å². The molecule has 1 aliphatic carbocycles. The molecule has 1 nitrogen and oxygen atoms in total. The second-order valence-corrected chi connectivity index (χ2v) is 9.63. The van der Waals surface area contributed by atoms with Crippen LogP contribution in [-0.2, 0) is 0 Å². The Labute approximate surface area is 99.6 Å². The first-order valence-electron chi connectivity index (χ1n) is 6.29. The molecule has 1 heterocycles. The van der Waals surface area contributed by atoms with Crippen molar-refractivity contribution in [3.05, 3.63) is 36.2 Å². The van der Waals surface area contributed by atoms with Crippen molar-refractivity contribution in [1.82, 2.24) is 4.98 Å². The van der Waals surface area contributed by atoms with Crippen LogP contribution < -0.4 is 5.32 Å². The number of hydrogen-bond donors (Lipinski definition) is 0. The van der Waals surface area contributed by atoms with Crippen molar-refractivity contribution in [2.75, 3.05) is 0 Å². The maximum absolute atomic E-state index is 4.51. The Morgan fingerprint density at radius 1 is 1.25 bits per heavy atom. The molecule has 0 aliphatic heterocycles. The van der Waals surface area contributed by atoms with Gasteiger partial charge in [0.15, 0.2) is 0 Å². The van der Waals surface area contributed by atoms with Crippen molar-refractivity contribution in [2.45, 2.75) is 38.8 Å². The highest BCUT2D eigenvalue weighted by Crippen LogP contribution is 2.26. The molecule has 0 bridgehead atoms. The number of nitrogens with zero attached hydrogens (tertiary/aromatic N) is 1. The Balaban J connectivity index is 2.07. The van der Waals surface area contributed by atoms with Crippen LogP contribution in [0.2, 0.25) is 13.1 Å². The van der Waals surface area contributed by atoms with E-state index in [0.717, 1.165) is 5.92 Å². The first kappa shape index (κ1) is 11.6. The summed E-state index contributed by atoms with van der Waals surface area (Å²) in [6.45, 7) is 4.75. The molecule has 2 rings (SSSR count). The first-order chi connectivity index (χ1) is 7.68. The average molecular weight is 231 g/mol. The normalized spacial score (nSPS) is 18.4. The van der Waals surface area contributed by atoms with E-state index in [-0.39, 0.29) is 0 Å². The molecule has 1 aromatic heterocycles. The Hall–Kier alpha value is -0.893. The lowest BCUT2D eigenvalue weighted by molar-refractivity contribution is 0.686. The number of hydrogen-bond acceptors (Lipinski definition) is 1. The number of rotatable bonds is 3. The Kier molecular flexibility index (Phi) is 3.59. The van der Waals surface area contributed by atoms with Gasteiger partial charge in [-0.15, -0.1) is 0 Å². The van der Waals surface area contributed by atoms with Crippen molar-refractivity contribution >= 4 is 13.4 Å². The third-order valence-corrected chi connectivity index (χ3v) is 6.15. The van der Waals surface area contributed by atoms with Crippen LogP contribution in [0, 0.1) is 5.92 Å². The summed E-state index contributed by atoms with van der Waals surface area (Å²) in [4.78, 5) is 4.51. The van der Waals surface area contributed by atoms with E-state index in [4.69, 9.17) is 0 Å². The summed E-state index contributed by atoms with van der Waals surface area (Å²) in [5.41, 5.74) is 2.48. The second kappa shape index (κ2) is 4.96. The minimum absolute atomic E-state index is 0.843. The van der Waals surface area contributed by atoms with Crippen molar-refractivity contribution in [3.8, 4) is 0 Å². The highest BCUT2D eigenvalue weighted by atomic mass is 28.3. The van der Waals surface area contributed by atoms with Crippen LogP contribution >= 0.6 is 0 Å². The Morgan fingerprint density at radius 3 is 2.62 bits per heavy atom. The van der Waals surface area contributed by atoms with E-state index in [0.29, 0.717) is 0 Å². The van der Waals surface area contributed by atoms with Gasteiger partial charge in [0.1, 0.15) is 8.07 Å². The molecular formula is C14H21NSi. The van der Waals surface area contributed by atoms with Gasteiger partial charge in [-0.2, -0.15) is 0 Å². The number of aromatic nitrogens is 1. The molecule has 0 amide bonds. The van der Waals surface area contributed by atoms with Crippen LogP contribution in [0.25, 0.3) is 0 Å². The number of pyridine rings is 1. The predicted octanol–water partition coefficient (Wildman–Crippen LogP) is 3.28. The third kappa shape index (κ3) is 2.82. The molecule has 16 heavy (non-hydrogen) atoms. The van der Waals surface area contributed by atoms with E-state index in [2.05, 4.69) is 42.0 Å². The highest BCUT2D eigenvalue weighted by Gasteiger charge is 2.22. The average Bonchev–Trinajstić information content (AvgIpc) is 2.81. The van der Waals surface area contributed by atoms with Crippen molar-refractivity contribution in [3.63, 3.8) is 0 Å². The fourth-order valence-corrected chi connectivity index (χ4v) is 4.21. The van der Waals surface area contributed by atoms with Crippen molar-refractivity contribution < 1.29 is 0 Å². The molecular weight excluding hydrogens is 210 g/mol. The van der Waals surface area contributed by atoms with Crippen LogP contribution in [-0.4, -0.2) is 13.1 Å². The summed E-state index contributed by atoms with van der Waals surface area (Å²) in [6.07, 6.45) is 9.99. The van der Waals surface area contributed by atoms with E-state index in [1.165, 1.54) is 31.0 Å². The highest BCUT2D eigenvalue weighted by molar-refractivity contribution is 6.93. The quantitative estimate of drug-likeness (QED) is 0.728. The van der Waals surface area contributed by atoms with Gasteiger partial charge in [-0.3, -0.25) is 4.98 Å². The summed E-state index contributed by atoms with van der Waals surface area (Å²) < 4.78 is 0. The zero-order valence-electron chi connectivity index (χ0n) is 10.3. The minimum Gasteiger partial charge on any atom is -0.266 e. The summed E-state index contributed by atoms with van der Waals surface area (Å²) in [5, 5.41) is 1.30. The summed E-state index contributed by atoms with van der Waals surface area (Å²) in [5.74, 6) is 0.843. The van der Waals surface area contributed by atoms with Crippen LogP contribution in [0.3, 0.4) is 0 Å². The summed E-state index contributed by atoms with van der Waals surface area (Å²) >= 11 is 0. The SMILES string of the molecule is C[Si](C)(C=CC1CCCC1)c1ccccn1. The molecule has 0 radical (unpaired) electrons. The van der Waals surface area contributed by atoms with Crippen molar-refractivity contribution in [1.29, 1.82) is 0 Å². The lowest BCUT2D eigenvalue weighted by Crippen LogP contribution is -2.41. The van der Waals surface area contributed by atoms with Gasteiger partial charge in [0.2, 0.25) is 0 Å². The maximum atomic E-state index is 4.51. The third-order valence-electron chi connectivity index (χ3n) is 3.51. The monoisotopic (exact) mass is 231 g/mol. The molecule has 0 unspecified atom stereocenters. The van der Waals surface area contributed by atoms with Crippen LogP contribution in [0.4, 0.5) is 0 Å². The standard InChI is InChI=1S/C14H21NSi/c1-16(2,14-9-5-6-11-15-14)12-10-13-7-3-4-8-13/h5-6,9-13H,3-4,7-8H2,1-2H3. The van der Waals surface area contributed by atoms with Crippen molar-refractivity contribution in [2.24, 2.45) is 5.92 Å². The molecule has 86 valence electrons. The Morgan fingerprint density at radius 2 is 2.00 bits per heavy atom. The molecule has 0 saturated heterocycles. The summed E-state index contributed by atoms with van der Waals surface area (Å²) in [7, 11) is -1.44. The summed E-state index contributed by atoms with van der Waals surface area (Å²) in [6, 6.07) is 6.26. The van der Waals surface area contributed by atoms with E-state index in [9.17, 15) is 0 Å². The van der Waals surface area contributed by atoms with Crippen LogP contribution in [0.5, 0.6) is 0 Å². The topological polar surface area (TPSA) is 12.9 Å². The zero-order chi connectivity index (χ0) is 11.4. The fraction of sp³-hybridized carbons (Fsp3) is 0.500. The first-order valence-corrected chi connectivity index (χ1v) is 9.37. The Bertz CT molecular complexity index is 350. The molecule has 0 atom stereocenters. The molecule has 0 spiro atoms. The lowest BCUT2D eigenvalue weighted by Gasteiger charge is -2.17. The van der Waals surface area contributed by atoms with Gasteiger partial charge < -0.3 is 0 Å². The molecule has 1 saturated carbocycles. The van der Waals surface area contributed by atoms with Gasteiger partial charge in [0.25, 0.3) is 0 Å². The van der Waals surface area contributed by atoms with Gasteiger partial charge >= 0.3 is 0 Å². The predicted molar refractivity (Wildman–Crippen MR) is 72.5 cm³/mol. The molecule has 1 aromatic rings. The van der Waals surface area contributed by atoms with Crippen LogP contribution in [0.15, 0.2) is 36.2 Å². The maximum Gasteiger partial charge on any atom is 0.127 e. The van der Waals surface area contributed by atoms with Gasteiger partial charge in [0, 0.05) is 11.5 Å².